The quantitative estimate of drug-likeness (QED) is 0.555. The number of benzene rings is 1. The van der Waals surface area contributed by atoms with Crippen LogP contribution in [-0.4, -0.2) is 41.7 Å². The van der Waals surface area contributed by atoms with E-state index in [2.05, 4.69) is 53.7 Å². The Kier molecular flexibility index (Phi) is 7.94. The highest BCUT2D eigenvalue weighted by atomic mass is 16.5. The fourth-order valence-electron chi connectivity index (χ4n) is 2.50. The number of hydrogen-bond donors (Lipinski definition) is 3. The number of carbonyl (C=O) groups excluding carboxylic acids is 2. The van der Waals surface area contributed by atoms with E-state index in [-0.39, 0.29) is 29.1 Å². The van der Waals surface area contributed by atoms with Crippen LogP contribution in [0.2, 0.25) is 0 Å². The fourth-order valence-corrected chi connectivity index (χ4v) is 2.50. The van der Waals surface area contributed by atoms with Crippen molar-refractivity contribution in [1.29, 1.82) is 0 Å². The molecule has 0 bridgehead atoms. The highest BCUT2D eigenvalue weighted by Gasteiger charge is 2.13. The Hall–Kier alpha value is -3.16. The molecule has 3 N–H and O–H groups in total. The van der Waals surface area contributed by atoms with Gasteiger partial charge in [-0.2, -0.15) is 5.10 Å². The Morgan fingerprint density at radius 2 is 1.72 bits per heavy atom. The molecule has 8 nitrogen and oxygen atoms in total. The number of hydrogen-bond acceptors (Lipinski definition) is 5. The molecular formula is C21H28N4O4. The summed E-state index contributed by atoms with van der Waals surface area (Å²) in [4.78, 5) is 34.5. The molecule has 2 aromatic rings. The minimum atomic E-state index is -0.415. The first-order chi connectivity index (χ1) is 13.8. The maximum absolute atomic E-state index is 11.8. The van der Waals surface area contributed by atoms with Gasteiger partial charge in [0.2, 0.25) is 5.91 Å². The Morgan fingerprint density at radius 3 is 2.34 bits per heavy atom. The Balaban J connectivity index is 1.57. The van der Waals surface area contributed by atoms with E-state index in [1.165, 1.54) is 17.7 Å². The molecule has 156 valence electrons. The van der Waals surface area contributed by atoms with Gasteiger partial charge in [-0.05, 0) is 35.6 Å². The summed E-state index contributed by atoms with van der Waals surface area (Å²) < 4.78 is 5.67. The molecule has 1 aromatic carbocycles. The van der Waals surface area contributed by atoms with Gasteiger partial charge in [-0.25, -0.2) is 5.10 Å². The molecule has 1 heterocycles. The number of aromatic nitrogens is 2. The van der Waals surface area contributed by atoms with Crippen LogP contribution in [0, 0.1) is 0 Å². The highest BCUT2D eigenvalue weighted by molar-refractivity contribution is 5.91. The number of aromatic amines is 1. The predicted molar refractivity (Wildman–Crippen MR) is 110 cm³/mol. The average Bonchev–Trinajstić information content (AvgIpc) is 2.68. The molecule has 0 aliphatic carbocycles. The molecule has 8 heteroatoms. The maximum atomic E-state index is 11.8. The lowest BCUT2D eigenvalue weighted by Gasteiger charge is -2.19. The molecule has 0 saturated heterocycles. The number of carbonyl (C=O) groups is 2. The molecule has 0 spiro atoms. The van der Waals surface area contributed by atoms with E-state index in [9.17, 15) is 14.4 Å². The number of H-pyrrole nitrogens is 1. The van der Waals surface area contributed by atoms with Crippen LogP contribution < -0.4 is 20.9 Å². The van der Waals surface area contributed by atoms with Crippen LogP contribution >= 0.6 is 0 Å². The third kappa shape index (κ3) is 7.77. The van der Waals surface area contributed by atoms with Gasteiger partial charge < -0.3 is 15.4 Å². The first kappa shape index (κ1) is 22.1. The zero-order chi connectivity index (χ0) is 21.3. The van der Waals surface area contributed by atoms with Gasteiger partial charge >= 0.3 is 0 Å². The van der Waals surface area contributed by atoms with E-state index < -0.39 is 5.91 Å². The third-order valence-electron chi connectivity index (χ3n) is 4.18. The van der Waals surface area contributed by atoms with Crippen LogP contribution in [0.25, 0.3) is 0 Å². The van der Waals surface area contributed by atoms with Crippen molar-refractivity contribution in [2.75, 3.05) is 19.7 Å². The third-order valence-corrected chi connectivity index (χ3v) is 4.18. The van der Waals surface area contributed by atoms with Gasteiger partial charge in [-0.15, -0.1) is 0 Å². The fraction of sp³-hybridized carbons (Fsp3) is 0.429. The summed E-state index contributed by atoms with van der Waals surface area (Å²) in [6.07, 6.45) is 0.940. The number of rotatable bonds is 9. The largest absolute Gasteiger partial charge is 0.494 e. The molecule has 2 rings (SSSR count). The summed E-state index contributed by atoms with van der Waals surface area (Å²) in [6, 6.07) is 10.6. The van der Waals surface area contributed by atoms with E-state index in [4.69, 9.17) is 4.74 Å². The zero-order valence-electron chi connectivity index (χ0n) is 17.1. The smallest absolute Gasteiger partial charge is 0.271 e. The van der Waals surface area contributed by atoms with Crippen molar-refractivity contribution in [2.24, 2.45) is 0 Å². The molecule has 0 saturated carbocycles. The van der Waals surface area contributed by atoms with Crippen molar-refractivity contribution < 1.29 is 14.3 Å². The second-order valence-corrected chi connectivity index (χ2v) is 7.64. The molecule has 29 heavy (non-hydrogen) atoms. The Labute approximate surface area is 170 Å². The van der Waals surface area contributed by atoms with Crippen LogP contribution in [-0.2, 0) is 10.2 Å². The minimum absolute atomic E-state index is 0.104. The van der Waals surface area contributed by atoms with Crippen LogP contribution in [0.15, 0.2) is 41.2 Å². The predicted octanol–water partition coefficient (Wildman–Crippen LogP) is 1.77. The normalized spacial score (nSPS) is 11.0. The van der Waals surface area contributed by atoms with Crippen molar-refractivity contribution in [3.05, 3.63) is 58.0 Å². The topological polar surface area (TPSA) is 113 Å². The molecular weight excluding hydrogens is 372 g/mol. The Bertz CT molecular complexity index is 849. The summed E-state index contributed by atoms with van der Waals surface area (Å²) >= 11 is 0. The van der Waals surface area contributed by atoms with Gasteiger partial charge in [0.25, 0.3) is 11.5 Å². The van der Waals surface area contributed by atoms with Crippen molar-refractivity contribution in [3.8, 4) is 5.75 Å². The van der Waals surface area contributed by atoms with Crippen molar-refractivity contribution >= 4 is 11.8 Å². The van der Waals surface area contributed by atoms with Gasteiger partial charge in [0.1, 0.15) is 11.4 Å². The van der Waals surface area contributed by atoms with Crippen LogP contribution in [0.1, 0.15) is 49.7 Å². The van der Waals surface area contributed by atoms with Crippen molar-refractivity contribution in [2.45, 2.75) is 39.0 Å². The van der Waals surface area contributed by atoms with Crippen LogP contribution in [0.4, 0.5) is 0 Å². The number of amides is 2. The molecule has 1 aromatic heterocycles. The number of nitrogens with one attached hydrogen (secondary N) is 3. The lowest BCUT2D eigenvalue weighted by Crippen LogP contribution is -2.35. The van der Waals surface area contributed by atoms with Crippen molar-refractivity contribution in [1.82, 2.24) is 20.8 Å². The SMILES string of the molecule is CC(C)(C)c1ccc(OCCCC(=O)NCCNC(=O)c2ccc(=O)[nH]n2)cc1. The van der Waals surface area contributed by atoms with Gasteiger partial charge in [-0.3, -0.25) is 14.4 Å². The summed E-state index contributed by atoms with van der Waals surface area (Å²) in [5.74, 6) is 0.270. The van der Waals surface area contributed by atoms with Gasteiger partial charge in [0.05, 0.1) is 6.61 Å². The first-order valence-electron chi connectivity index (χ1n) is 9.60. The second-order valence-electron chi connectivity index (χ2n) is 7.64. The second kappa shape index (κ2) is 10.4. The van der Waals surface area contributed by atoms with Crippen LogP contribution in [0.3, 0.4) is 0 Å². The standard InChI is InChI=1S/C21H28N4O4/c1-21(2,3)15-6-8-16(9-7-15)29-14-4-5-18(26)22-12-13-23-20(28)17-10-11-19(27)25-24-17/h6-11H,4-5,12-14H2,1-3H3,(H,22,26)(H,23,28)(H,25,27). The molecule has 0 fully saturated rings. The zero-order valence-corrected chi connectivity index (χ0v) is 17.1. The van der Waals surface area contributed by atoms with Gasteiger partial charge in [0, 0.05) is 25.6 Å². The molecule has 0 unspecified atom stereocenters. The average molecular weight is 400 g/mol. The summed E-state index contributed by atoms with van der Waals surface area (Å²) in [7, 11) is 0. The minimum Gasteiger partial charge on any atom is -0.494 e. The molecule has 0 aliphatic heterocycles. The molecule has 2 amide bonds. The summed E-state index contributed by atoms with van der Waals surface area (Å²) in [5.41, 5.74) is 1.09. The van der Waals surface area contributed by atoms with E-state index in [1.807, 2.05) is 12.1 Å². The van der Waals surface area contributed by atoms with Crippen LogP contribution in [0.5, 0.6) is 5.75 Å². The van der Waals surface area contributed by atoms with Crippen molar-refractivity contribution in [3.63, 3.8) is 0 Å². The molecule has 0 radical (unpaired) electrons. The van der Waals surface area contributed by atoms with E-state index in [0.717, 1.165) is 5.75 Å². The highest BCUT2D eigenvalue weighted by Crippen LogP contribution is 2.24. The lowest BCUT2D eigenvalue weighted by molar-refractivity contribution is -0.121. The summed E-state index contributed by atoms with van der Waals surface area (Å²) in [6.45, 7) is 7.51. The number of ether oxygens (including phenoxy) is 1. The maximum Gasteiger partial charge on any atom is 0.271 e. The van der Waals surface area contributed by atoms with E-state index in [1.54, 1.807) is 0 Å². The summed E-state index contributed by atoms with van der Waals surface area (Å²) in [5, 5.41) is 11.2. The monoisotopic (exact) mass is 400 g/mol. The first-order valence-corrected chi connectivity index (χ1v) is 9.60. The Morgan fingerprint density at radius 1 is 1.03 bits per heavy atom. The van der Waals surface area contributed by atoms with Gasteiger partial charge in [-0.1, -0.05) is 32.9 Å². The van der Waals surface area contributed by atoms with E-state index in [0.29, 0.717) is 26.0 Å². The molecule has 0 atom stereocenters. The van der Waals surface area contributed by atoms with E-state index >= 15 is 0 Å². The van der Waals surface area contributed by atoms with Gasteiger partial charge in [0.15, 0.2) is 0 Å². The lowest BCUT2D eigenvalue weighted by atomic mass is 9.87. The molecule has 0 aliphatic rings. The number of nitrogens with zero attached hydrogens (tertiary/aromatic N) is 1.